The lowest BCUT2D eigenvalue weighted by Crippen LogP contribution is -2.18. The molecule has 0 saturated heterocycles. The van der Waals surface area contributed by atoms with Crippen LogP contribution in [-0.4, -0.2) is 13.7 Å². The summed E-state index contributed by atoms with van der Waals surface area (Å²) < 4.78 is 18.4. The minimum atomic E-state index is -0.301. The van der Waals surface area contributed by atoms with E-state index >= 15 is 0 Å². The minimum absolute atomic E-state index is 0.293. The van der Waals surface area contributed by atoms with Crippen LogP contribution in [0.3, 0.4) is 0 Å². The molecule has 1 atom stereocenters. The van der Waals surface area contributed by atoms with E-state index in [2.05, 4.69) is 13.8 Å². The zero-order valence-corrected chi connectivity index (χ0v) is 10.9. The highest BCUT2D eigenvalue weighted by atomic mass is 19.1. The van der Waals surface area contributed by atoms with Crippen LogP contribution in [0.4, 0.5) is 4.39 Å². The van der Waals surface area contributed by atoms with E-state index in [-0.39, 0.29) is 5.82 Å². The maximum atomic E-state index is 13.5. The van der Waals surface area contributed by atoms with Crippen molar-refractivity contribution in [2.75, 3.05) is 13.7 Å². The average molecular weight is 239 g/mol. The number of hydrogen-bond donors (Lipinski definition) is 1. The SMILES string of the molecule is COc1ccc(CC(CN)CC(C)C)cc1F. The molecule has 2 N–H and O–H groups in total. The Balaban J connectivity index is 2.69. The summed E-state index contributed by atoms with van der Waals surface area (Å²) in [4.78, 5) is 0. The number of rotatable bonds is 6. The Morgan fingerprint density at radius 3 is 2.53 bits per heavy atom. The topological polar surface area (TPSA) is 35.2 Å². The molecule has 2 nitrogen and oxygen atoms in total. The van der Waals surface area contributed by atoms with Gasteiger partial charge in [0.1, 0.15) is 0 Å². The molecule has 0 aliphatic rings. The normalized spacial score (nSPS) is 12.8. The van der Waals surface area contributed by atoms with Crippen LogP contribution in [0.15, 0.2) is 18.2 Å². The van der Waals surface area contributed by atoms with Gasteiger partial charge in [0, 0.05) is 0 Å². The van der Waals surface area contributed by atoms with Crippen LogP contribution < -0.4 is 10.5 Å². The highest BCUT2D eigenvalue weighted by Crippen LogP contribution is 2.21. The zero-order valence-electron chi connectivity index (χ0n) is 10.9. The highest BCUT2D eigenvalue weighted by Gasteiger charge is 2.11. The fraction of sp³-hybridized carbons (Fsp3) is 0.571. The molecule has 0 aliphatic heterocycles. The molecule has 0 saturated carbocycles. The Bertz CT molecular complexity index is 352. The standard InChI is InChI=1S/C14H22FNO/c1-10(2)6-12(9-16)7-11-4-5-14(17-3)13(15)8-11/h4-5,8,10,12H,6-7,9,16H2,1-3H3. The van der Waals surface area contributed by atoms with Crippen molar-refractivity contribution in [2.45, 2.75) is 26.7 Å². The zero-order chi connectivity index (χ0) is 12.8. The molecule has 0 heterocycles. The van der Waals surface area contributed by atoms with Crippen LogP contribution in [0, 0.1) is 17.7 Å². The van der Waals surface area contributed by atoms with E-state index in [1.54, 1.807) is 12.1 Å². The summed E-state index contributed by atoms with van der Waals surface area (Å²) in [6.07, 6.45) is 1.90. The molecular weight excluding hydrogens is 217 g/mol. The van der Waals surface area contributed by atoms with Gasteiger partial charge in [-0.1, -0.05) is 19.9 Å². The molecule has 1 aromatic rings. The molecule has 1 unspecified atom stereocenters. The molecule has 0 bridgehead atoms. The van der Waals surface area contributed by atoms with Gasteiger partial charge in [-0.25, -0.2) is 4.39 Å². The summed E-state index contributed by atoms with van der Waals surface area (Å²) >= 11 is 0. The van der Waals surface area contributed by atoms with Crippen molar-refractivity contribution in [3.05, 3.63) is 29.6 Å². The average Bonchev–Trinajstić information content (AvgIpc) is 2.27. The maximum Gasteiger partial charge on any atom is 0.165 e. The molecule has 1 aromatic carbocycles. The fourth-order valence-corrected chi connectivity index (χ4v) is 2.10. The number of methoxy groups -OCH3 is 1. The second-order valence-corrected chi connectivity index (χ2v) is 4.90. The van der Waals surface area contributed by atoms with Crippen molar-refractivity contribution >= 4 is 0 Å². The molecule has 0 radical (unpaired) electrons. The lowest BCUT2D eigenvalue weighted by Gasteiger charge is -2.17. The molecule has 0 amide bonds. The minimum Gasteiger partial charge on any atom is -0.494 e. The third-order valence-corrected chi connectivity index (χ3v) is 2.88. The smallest absolute Gasteiger partial charge is 0.165 e. The molecule has 1 rings (SSSR count). The highest BCUT2D eigenvalue weighted by molar-refractivity contribution is 5.29. The van der Waals surface area contributed by atoms with Gasteiger partial charge in [0.15, 0.2) is 11.6 Å². The Morgan fingerprint density at radius 2 is 2.06 bits per heavy atom. The van der Waals surface area contributed by atoms with Gasteiger partial charge in [0.25, 0.3) is 0 Å². The third kappa shape index (κ3) is 4.35. The Hall–Kier alpha value is -1.09. The lowest BCUT2D eigenvalue weighted by atomic mass is 9.91. The van der Waals surface area contributed by atoms with Gasteiger partial charge in [-0.2, -0.15) is 0 Å². The molecule has 17 heavy (non-hydrogen) atoms. The van der Waals surface area contributed by atoms with Gasteiger partial charge in [-0.05, 0) is 48.9 Å². The van der Waals surface area contributed by atoms with Gasteiger partial charge in [0.05, 0.1) is 7.11 Å². The first-order chi connectivity index (χ1) is 8.06. The Labute approximate surface area is 103 Å². The lowest BCUT2D eigenvalue weighted by molar-refractivity contribution is 0.384. The fourth-order valence-electron chi connectivity index (χ4n) is 2.10. The predicted molar refractivity (Wildman–Crippen MR) is 68.7 cm³/mol. The monoisotopic (exact) mass is 239 g/mol. The van der Waals surface area contributed by atoms with Gasteiger partial charge in [0.2, 0.25) is 0 Å². The van der Waals surface area contributed by atoms with Crippen LogP contribution >= 0.6 is 0 Å². The molecule has 0 spiro atoms. The Kier molecular flexibility index (Phi) is 5.42. The molecule has 96 valence electrons. The third-order valence-electron chi connectivity index (χ3n) is 2.88. The van der Waals surface area contributed by atoms with Crippen molar-refractivity contribution < 1.29 is 9.13 Å². The van der Waals surface area contributed by atoms with Crippen LogP contribution in [0.25, 0.3) is 0 Å². The van der Waals surface area contributed by atoms with E-state index in [9.17, 15) is 4.39 Å². The second kappa shape index (κ2) is 6.60. The first kappa shape index (κ1) is 14.0. The van der Waals surface area contributed by atoms with Gasteiger partial charge >= 0.3 is 0 Å². The maximum absolute atomic E-state index is 13.5. The van der Waals surface area contributed by atoms with E-state index in [1.807, 2.05) is 6.07 Å². The summed E-state index contributed by atoms with van der Waals surface area (Å²) in [6, 6.07) is 5.13. The number of halogens is 1. The molecule has 0 aromatic heterocycles. The van der Waals surface area contributed by atoms with E-state index in [1.165, 1.54) is 7.11 Å². The largest absolute Gasteiger partial charge is 0.494 e. The number of ether oxygens (including phenoxy) is 1. The van der Waals surface area contributed by atoms with Gasteiger partial charge in [-0.3, -0.25) is 0 Å². The van der Waals surface area contributed by atoms with Crippen LogP contribution in [0.5, 0.6) is 5.75 Å². The first-order valence-corrected chi connectivity index (χ1v) is 6.09. The molecule has 0 fully saturated rings. The predicted octanol–water partition coefficient (Wildman–Crippen LogP) is 3.00. The Morgan fingerprint density at radius 1 is 1.35 bits per heavy atom. The number of benzene rings is 1. The van der Waals surface area contributed by atoms with Crippen LogP contribution in [-0.2, 0) is 6.42 Å². The van der Waals surface area contributed by atoms with Crippen molar-refractivity contribution in [3.63, 3.8) is 0 Å². The summed E-state index contributed by atoms with van der Waals surface area (Å²) in [5.41, 5.74) is 6.73. The van der Waals surface area contributed by atoms with Gasteiger partial charge < -0.3 is 10.5 Å². The van der Waals surface area contributed by atoms with Crippen molar-refractivity contribution in [1.29, 1.82) is 0 Å². The van der Waals surface area contributed by atoms with Crippen molar-refractivity contribution in [3.8, 4) is 5.75 Å². The summed E-state index contributed by atoms with van der Waals surface area (Å²) in [6.45, 7) is 5.00. The summed E-state index contributed by atoms with van der Waals surface area (Å²) in [7, 11) is 1.47. The van der Waals surface area contributed by atoms with Crippen molar-refractivity contribution in [2.24, 2.45) is 17.6 Å². The van der Waals surface area contributed by atoms with Crippen LogP contribution in [0.2, 0.25) is 0 Å². The summed E-state index contributed by atoms with van der Waals surface area (Å²) in [5, 5.41) is 0. The van der Waals surface area contributed by atoms with Crippen LogP contribution in [0.1, 0.15) is 25.8 Å². The molecule has 0 aliphatic carbocycles. The van der Waals surface area contributed by atoms with E-state index in [4.69, 9.17) is 10.5 Å². The quantitative estimate of drug-likeness (QED) is 0.828. The molecule has 3 heteroatoms. The van der Waals surface area contributed by atoms with E-state index in [0.29, 0.717) is 24.1 Å². The number of nitrogens with two attached hydrogens (primary N) is 1. The van der Waals surface area contributed by atoms with E-state index in [0.717, 1.165) is 18.4 Å². The second-order valence-electron chi connectivity index (χ2n) is 4.90. The molecular formula is C14H22FNO. The first-order valence-electron chi connectivity index (χ1n) is 6.09. The van der Waals surface area contributed by atoms with Crippen molar-refractivity contribution in [1.82, 2.24) is 0 Å². The summed E-state index contributed by atoms with van der Waals surface area (Å²) in [5.74, 6) is 1.03. The van der Waals surface area contributed by atoms with E-state index < -0.39 is 0 Å². The number of hydrogen-bond acceptors (Lipinski definition) is 2. The van der Waals surface area contributed by atoms with Gasteiger partial charge in [-0.15, -0.1) is 0 Å².